The van der Waals surface area contributed by atoms with Crippen LogP contribution in [0.2, 0.25) is 0 Å². The van der Waals surface area contributed by atoms with Crippen molar-refractivity contribution in [2.24, 2.45) is 0 Å². The van der Waals surface area contributed by atoms with Crippen molar-refractivity contribution in [3.05, 3.63) is 34.3 Å². The average molecular weight is 309 g/mol. The highest BCUT2D eigenvalue weighted by atomic mass is 79.9. The summed E-state index contributed by atoms with van der Waals surface area (Å²) in [6.45, 7) is 2.70. The maximum atomic E-state index is 11.7. The Labute approximate surface area is 116 Å². The monoisotopic (exact) mass is 308 g/mol. The topological polar surface area (TPSA) is 41.1 Å². The van der Waals surface area contributed by atoms with Crippen molar-refractivity contribution in [1.29, 1.82) is 0 Å². The number of hydrogen-bond acceptors (Lipinski definition) is 2. The van der Waals surface area contributed by atoms with Gasteiger partial charge in [-0.15, -0.1) is 6.42 Å². The fourth-order valence-electron chi connectivity index (χ4n) is 1.61. The van der Waals surface area contributed by atoms with Crippen molar-refractivity contribution in [2.45, 2.75) is 19.4 Å². The number of halogens is 1. The second kappa shape index (κ2) is 7.91. The molecular formula is C14H17BrN2O. The van der Waals surface area contributed by atoms with Crippen molar-refractivity contribution >= 4 is 21.8 Å². The molecule has 0 saturated carbocycles. The molecule has 0 fully saturated rings. The number of carbonyl (C=O) groups is 1. The van der Waals surface area contributed by atoms with E-state index in [1.54, 1.807) is 0 Å². The standard InChI is InChI=1S/C14H17BrN2O/c1-3-9-16-10-14(18)17-13(4-2)11-5-7-12(15)8-6-11/h1,5-8,13,16H,4,9-10H2,2H3,(H,17,18). The summed E-state index contributed by atoms with van der Waals surface area (Å²) in [5.74, 6) is 2.39. The molecule has 0 spiro atoms. The highest BCUT2D eigenvalue weighted by molar-refractivity contribution is 9.10. The maximum Gasteiger partial charge on any atom is 0.234 e. The molecule has 1 atom stereocenters. The van der Waals surface area contributed by atoms with Crippen LogP contribution < -0.4 is 10.6 Å². The van der Waals surface area contributed by atoms with Crippen molar-refractivity contribution in [3.8, 4) is 12.3 Å². The predicted molar refractivity (Wildman–Crippen MR) is 77.0 cm³/mol. The Morgan fingerprint density at radius 2 is 2.11 bits per heavy atom. The summed E-state index contributed by atoms with van der Waals surface area (Å²) in [7, 11) is 0. The van der Waals surface area contributed by atoms with Crippen LogP contribution in [0.5, 0.6) is 0 Å². The Balaban J connectivity index is 2.54. The van der Waals surface area contributed by atoms with E-state index in [2.05, 4.69) is 32.5 Å². The van der Waals surface area contributed by atoms with Crippen molar-refractivity contribution in [1.82, 2.24) is 10.6 Å². The average Bonchev–Trinajstić information content (AvgIpc) is 2.37. The Morgan fingerprint density at radius 1 is 1.44 bits per heavy atom. The van der Waals surface area contributed by atoms with Gasteiger partial charge in [0, 0.05) is 4.47 Å². The lowest BCUT2D eigenvalue weighted by molar-refractivity contribution is -0.121. The van der Waals surface area contributed by atoms with Crippen LogP contribution in [0.25, 0.3) is 0 Å². The minimum absolute atomic E-state index is 0.0400. The first-order chi connectivity index (χ1) is 8.67. The number of terminal acetylenes is 1. The molecule has 1 aromatic carbocycles. The molecule has 3 nitrogen and oxygen atoms in total. The zero-order valence-corrected chi connectivity index (χ0v) is 12.0. The van der Waals surface area contributed by atoms with Crippen molar-refractivity contribution in [2.75, 3.05) is 13.1 Å². The zero-order valence-electron chi connectivity index (χ0n) is 10.4. The number of rotatable bonds is 6. The molecule has 0 aliphatic rings. The first kappa shape index (κ1) is 14.7. The van der Waals surface area contributed by atoms with Gasteiger partial charge in [0.05, 0.1) is 19.1 Å². The molecule has 0 heterocycles. The molecule has 96 valence electrons. The molecule has 0 radical (unpaired) electrons. The fraction of sp³-hybridized carbons (Fsp3) is 0.357. The quantitative estimate of drug-likeness (QED) is 0.625. The van der Waals surface area contributed by atoms with Gasteiger partial charge in [-0.3, -0.25) is 10.1 Å². The maximum absolute atomic E-state index is 11.7. The summed E-state index contributed by atoms with van der Waals surface area (Å²) in [5, 5.41) is 5.85. The second-order valence-corrected chi connectivity index (χ2v) is 4.80. The Kier molecular flexibility index (Phi) is 6.48. The van der Waals surface area contributed by atoms with Crippen LogP contribution in [0.15, 0.2) is 28.7 Å². The van der Waals surface area contributed by atoms with Crippen LogP contribution in [-0.4, -0.2) is 19.0 Å². The number of amides is 1. The molecule has 1 rings (SSSR count). The van der Waals surface area contributed by atoms with Crippen LogP contribution >= 0.6 is 15.9 Å². The molecule has 2 N–H and O–H groups in total. The van der Waals surface area contributed by atoms with Gasteiger partial charge >= 0.3 is 0 Å². The normalized spacial score (nSPS) is 11.6. The molecule has 0 aromatic heterocycles. The van der Waals surface area contributed by atoms with E-state index >= 15 is 0 Å². The molecule has 1 unspecified atom stereocenters. The predicted octanol–water partition coefficient (Wildman–Crippen LogP) is 2.24. The van der Waals surface area contributed by atoms with Crippen molar-refractivity contribution in [3.63, 3.8) is 0 Å². The van der Waals surface area contributed by atoms with E-state index in [4.69, 9.17) is 6.42 Å². The van der Waals surface area contributed by atoms with Gasteiger partial charge < -0.3 is 5.32 Å². The zero-order chi connectivity index (χ0) is 13.4. The molecule has 0 saturated heterocycles. The lowest BCUT2D eigenvalue weighted by Gasteiger charge is -2.17. The van der Waals surface area contributed by atoms with E-state index in [0.29, 0.717) is 6.54 Å². The van der Waals surface area contributed by atoms with Crippen molar-refractivity contribution < 1.29 is 4.79 Å². The van der Waals surface area contributed by atoms with E-state index < -0.39 is 0 Å². The summed E-state index contributed by atoms with van der Waals surface area (Å²) < 4.78 is 1.03. The highest BCUT2D eigenvalue weighted by Crippen LogP contribution is 2.19. The second-order valence-electron chi connectivity index (χ2n) is 3.89. The first-order valence-corrected chi connectivity index (χ1v) is 6.65. The van der Waals surface area contributed by atoms with Gasteiger partial charge in [0.2, 0.25) is 5.91 Å². The van der Waals surface area contributed by atoms with Gasteiger partial charge in [0.15, 0.2) is 0 Å². The largest absolute Gasteiger partial charge is 0.348 e. The minimum Gasteiger partial charge on any atom is -0.348 e. The molecular weight excluding hydrogens is 292 g/mol. The summed E-state index contributed by atoms with van der Waals surface area (Å²) in [6, 6.07) is 8.00. The molecule has 4 heteroatoms. The molecule has 0 aliphatic carbocycles. The van der Waals surface area contributed by atoms with Gasteiger partial charge in [-0.25, -0.2) is 0 Å². The summed E-state index contributed by atoms with van der Waals surface area (Å²) in [4.78, 5) is 11.7. The number of benzene rings is 1. The summed E-state index contributed by atoms with van der Waals surface area (Å²) in [5.41, 5.74) is 1.10. The first-order valence-electron chi connectivity index (χ1n) is 5.86. The molecule has 0 bridgehead atoms. The summed E-state index contributed by atoms with van der Waals surface area (Å²) >= 11 is 3.39. The lowest BCUT2D eigenvalue weighted by atomic mass is 10.0. The van der Waals surface area contributed by atoms with Crippen LogP contribution in [0.3, 0.4) is 0 Å². The van der Waals surface area contributed by atoms with Gasteiger partial charge in [0.25, 0.3) is 0 Å². The lowest BCUT2D eigenvalue weighted by Crippen LogP contribution is -2.36. The van der Waals surface area contributed by atoms with Gasteiger partial charge in [0.1, 0.15) is 0 Å². The van der Waals surface area contributed by atoms with Crippen LogP contribution in [0.4, 0.5) is 0 Å². The van der Waals surface area contributed by atoms with Gasteiger partial charge in [-0.2, -0.15) is 0 Å². The van der Waals surface area contributed by atoms with E-state index in [1.807, 2.05) is 31.2 Å². The number of carbonyl (C=O) groups excluding carboxylic acids is 1. The van der Waals surface area contributed by atoms with Gasteiger partial charge in [-0.1, -0.05) is 40.9 Å². The molecule has 1 aromatic rings. The van der Waals surface area contributed by atoms with Gasteiger partial charge in [-0.05, 0) is 24.1 Å². The van der Waals surface area contributed by atoms with E-state index in [9.17, 15) is 4.79 Å². The third kappa shape index (κ3) is 4.91. The molecule has 18 heavy (non-hydrogen) atoms. The van der Waals surface area contributed by atoms with E-state index in [-0.39, 0.29) is 18.5 Å². The number of nitrogens with one attached hydrogen (secondary N) is 2. The SMILES string of the molecule is C#CCNCC(=O)NC(CC)c1ccc(Br)cc1. The Hall–Kier alpha value is -1.31. The fourth-order valence-corrected chi connectivity index (χ4v) is 1.87. The smallest absolute Gasteiger partial charge is 0.234 e. The van der Waals surface area contributed by atoms with Crippen LogP contribution in [-0.2, 0) is 4.79 Å². The summed E-state index contributed by atoms with van der Waals surface area (Å²) in [6.07, 6.45) is 5.95. The van der Waals surface area contributed by atoms with Crippen LogP contribution in [0, 0.1) is 12.3 Å². The van der Waals surface area contributed by atoms with E-state index in [0.717, 1.165) is 16.5 Å². The Bertz CT molecular complexity index is 422. The molecule has 0 aliphatic heterocycles. The van der Waals surface area contributed by atoms with E-state index in [1.165, 1.54) is 0 Å². The number of hydrogen-bond donors (Lipinski definition) is 2. The highest BCUT2D eigenvalue weighted by Gasteiger charge is 2.11. The minimum atomic E-state index is -0.0416. The third-order valence-corrected chi connectivity index (χ3v) is 3.06. The van der Waals surface area contributed by atoms with Crippen LogP contribution in [0.1, 0.15) is 24.9 Å². The third-order valence-electron chi connectivity index (χ3n) is 2.53. The molecule has 1 amide bonds. The Morgan fingerprint density at radius 3 is 2.67 bits per heavy atom.